The number of hydrogen-bond acceptors (Lipinski definition) is 3. The van der Waals surface area contributed by atoms with Crippen molar-refractivity contribution in [2.24, 2.45) is 11.7 Å². The third-order valence-corrected chi connectivity index (χ3v) is 4.23. The summed E-state index contributed by atoms with van der Waals surface area (Å²) < 4.78 is 0.789. The summed E-state index contributed by atoms with van der Waals surface area (Å²) in [6.07, 6.45) is 3.79. The number of likely N-dealkylation sites (tertiary alicyclic amines) is 1. The topological polar surface area (TPSA) is 59.2 Å². The number of hydrogen-bond donors (Lipinski definition) is 1. The standard InChI is InChI=1S/C13H18BrN3O/c1-9-5-11(7-16-12(9)14)13(18)17-4-2-3-10(6-15)8-17/h5,7,10H,2-4,6,8,15H2,1H3. The Morgan fingerprint density at radius 2 is 2.44 bits per heavy atom. The Labute approximate surface area is 116 Å². The summed E-state index contributed by atoms with van der Waals surface area (Å²) in [5.74, 6) is 0.503. The molecule has 0 bridgehead atoms. The van der Waals surface area contributed by atoms with E-state index in [4.69, 9.17) is 5.73 Å². The molecule has 4 nitrogen and oxygen atoms in total. The van der Waals surface area contributed by atoms with Gasteiger partial charge in [0.1, 0.15) is 4.60 Å². The van der Waals surface area contributed by atoms with Gasteiger partial charge >= 0.3 is 0 Å². The Morgan fingerprint density at radius 3 is 3.11 bits per heavy atom. The van der Waals surface area contributed by atoms with Crippen LogP contribution in [0.4, 0.5) is 0 Å². The maximum absolute atomic E-state index is 12.4. The van der Waals surface area contributed by atoms with Crippen molar-refractivity contribution in [3.63, 3.8) is 0 Å². The number of piperidine rings is 1. The second-order valence-corrected chi connectivity index (χ2v) is 5.58. The molecule has 1 aliphatic rings. The minimum atomic E-state index is 0.0660. The molecule has 1 unspecified atom stereocenters. The Hall–Kier alpha value is -0.940. The molecule has 1 saturated heterocycles. The van der Waals surface area contributed by atoms with Gasteiger partial charge in [-0.3, -0.25) is 4.79 Å². The van der Waals surface area contributed by atoms with Crippen LogP contribution in [-0.2, 0) is 0 Å². The molecule has 0 radical (unpaired) electrons. The first-order chi connectivity index (χ1) is 8.61. The van der Waals surface area contributed by atoms with E-state index in [0.29, 0.717) is 18.0 Å². The van der Waals surface area contributed by atoms with Gasteiger partial charge < -0.3 is 10.6 Å². The minimum Gasteiger partial charge on any atom is -0.338 e. The molecule has 2 heterocycles. The normalized spacial score (nSPS) is 19.9. The van der Waals surface area contributed by atoms with Gasteiger partial charge in [0.05, 0.1) is 5.56 Å². The van der Waals surface area contributed by atoms with Crippen molar-refractivity contribution >= 4 is 21.8 Å². The summed E-state index contributed by atoms with van der Waals surface area (Å²) in [5.41, 5.74) is 7.33. The maximum Gasteiger partial charge on any atom is 0.255 e. The number of aromatic nitrogens is 1. The molecule has 2 N–H and O–H groups in total. The van der Waals surface area contributed by atoms with E-state index in [-0.39, 0.29) is 5.91 Å². The monoisotopic (exact) mass is 311 g/mol. The van der Waals surface area contributed by atoms with Crippen LogP contribution < -0.4 is 5.73 Å². The van der Waals surface area contributed by atoms with Gasteiger partial charge in [-0.2, -0.15) is 0 Å². The summed E-state index contributed by atoms with van der Waals surface area (Å²) >= 11 is 3.34. The lowest BCUT2D eigenvalue weighted by Gasteiger charge is -2.32. The third-order valence-electron chi connectivity index (χ3n) is 3.40. The average Bonchev–Trinajstić information content (AvgIpc) is 2.41. The molecule has 1 aromatic rings. The molecule has 0 aromatic carbocycles. The molecule has 0 aliphatic carbocycles. The number of pyridine rings is 1. The smallest absolute Gasteiger partial charge is 0.255 e. The van der Waals surface area contributed by atoms with Crippen LogP contribution in [0, 0.1) is 12.8 Å². The molecule has 1 atom stereocenters. The van der Waals surface area contributed by atoms with E-state index in [9.17, 15) is 4.79 Å². The van der Waals surface area contributed by atoms with E-state index in [1.165, 1.54) is 0 Å². The highest BCUT2D eigenvalue weighted by Gasteiger charge is 2.23. The van der Waals surface area contributed by atoms with Gasteiger partial charge in [0.2, 0.25) is 0 Å². The van der Waals surface area contributed by atoms with Crippen LogP contribution in [-0.4, -0.2) is 35.4 Å². The van der Waals surface area contributed by atoms with Crippen LogP contribution >= 0.6 is 15.9 Å². The van der Waals surface area contributed by atoms with E-state index >= 15 is 0 Å². The summed E-state index contributed by atoms with van der Waals surface area (Å²) in [6, 6.07) is 1.88. The van der Waals surface area contributed by atoms with E-state index in [1.807, 2.05) is 17.9 Å². The van der Waals surface area contributed by atoms with E-state index in [2.05, 4.69) is 20.9 Å². The highest BCUT2D eigenvalue weighted by atomic mass is 79.9. The molecule has 5 heteroatoms. The number of nitrogens with zero attached hydrogens (tertiary/aromatic N) is 2. The number of halogens is 1. The molecule has 98 valence electrons. The molecular weight excluding hydrogens is 294 g/mol. The molecule has 0 saturated carbocycles. The van der Waals surface area contributed by atoms with Gasteiger partial charge in [-0.15, -0.1) is 0 Å². The fourth-order valence-electron chi connectivity index (χ4n) is 2.30. The van der Waals surface area contributed by atoms with Gasteiger partial charge in [0.25, 0.3) is 5.91 Å². The fraction of sp³-hybridized carbons (Fsp3) is 0.538. The maximum atomic E-state index is 12.4. The van der Waals surface area contributed by atoms with E-state index in [1.54, 1.807) is 6.20 Å². The lowest BCUT2D eigenvalue weighted by molar-refractivity contribution is 0.0677. The second-order valence-electron chi connectivity index (χ2n) is 4.83. The predicted molar refractivity (Wildman–Crippen MR) is 74.4 cm³/mol. The summed E-state index contributed by atoms with van der Waals surface area (Å²) in [5, 5.41) is 0. The van der Waals surface area contributed by atoms with Crippen molar-refractivity contribution < 1.29 is 4.79 Å². The number of carbonyl (C=O) groups is 1. The SMILES string of the molecule is Cc1cc(C(=O)N2CCCC(CN)C2)cnc1Br. The van der Waals surface area contributed by atoms with Crippen molar-refractivity contribution in [2.45, 2.75) is 19.8 Å². The minimum absolute atomic E-state index is 0.0660. The molecular formula is C13H18BrN3O. The highest BCUT2D eigenvalue weighted by molar-refractivity contribution is 9.10. The zero-order valence-corrected chi connectivity index (χ0v) is 12.1. The van der Waals surface area contributed by atoms with Gasteiger partial charge in [0.15, 0.2) is 0 Å². The predicted octanol–water partition coefficient (Wildman–Crippen LogP) is 1.96. The highest BCUT2D eigenvalue weighted by Crippen LogP contribution is 2.19. The van der Waals surface area contributed by atoms with Gasteiger partial charge in [0, 0.05) is 19.3 Å². The first-order valence-electron chi connectivity index (χ1n) is 6.23. The van der Waals surface area contributed by atoms with Crippen LogP contribution in [0.5, 0.6) is 0 Å². The summed E-state index contributed by atoms with van der Waals surface area (Å²) in [6.45, 7) is 4.18. The molecule has 2 rings (SSSR count). The lowest BCUT2D eigenvalue weighted by atomic mass is 9.98. The van der Waals surface area contributed by atoms with Crippen LogP contribution in [0.1, 0.15) is 28.8 Å². The zero-order valence-electron chi connectivity index (χ0n) is 10.5. The first-order valence-corrected chi connectivity index (χ1v) is 7.02. The summed E-state index contributed by atoms with van der Waals surface area (Å²) in [7, 11) is 0. The molecule has 18 heavy (non-hydrogen) atoms. The van der Waals surface area contributed by atoms with Crippen molar-refractivity contribution in [1.29, 1.82) is 0 Å². The number of amides is 1. The summed E-state index contributed by atoms with van der Waals surface area (Å²) in [4.78, 5) is 18.4. The Kier molecular flexibility index (Phi) is 4.35. The molecule has 1 aliphatic heterocycles. The van der Waals surface area contributed by atoms with Crippen LogP contribution in [0.15, 0.2) is 16.9 Å². The number of carbonyl (C=O) groups excluding carboxylic acids is 1. The second kappa shape index (κ2) is 5.80. The van der Waals surface area contributed by atoms with Crippen molar-refractivity contribution in [2.75, 3.05) is 19.6 Å². The Morgan fingerprint density at radius 1 is 1.67 bits per heavy atom. The molecule has 0 spiro atoms. The van der Waals surface area contributed by atoms with Crippen molar-refractivity contribution in [3.05, 3.63) is 28.0 Å². The lowest BCUT2D eigenvalue weighted by Crippen LogP contribution is -2.42. The van der Waals surface area contributed by atoms with Crippen LogP contribution in [0.25, 0.3) is 0 Å². The molecule has 1 amide bonds. The first kappa shape index (κ1) is 13.5. The van der Waals surface area contributed by atoms with E-state index in [0.717, 1.165) is 36.1 Å². The van der Waals surface area contributed by atoms with Crippen molar-refractivity contribution in [1.82, 2.24) is 9.88 Å². The van der Waals surface area contributed by atoms with E-state index < -0.39 is 0 Å². The fourth-order valence-corrected chi connectivity index (χ4v) is 2.52. The largest absolute Gasteiger partial charge is 0.338 e. The van der Waals surface area contributed by atoms with Crippen LogP contribution in [0.3, 0.4) is 0 Å². The van der Waals surface area contributed by atoms with Crippen LogP contribution in [0.2, 0.25) is 0 Å². The molecule has 1 fully saturated rings. The zero-order chi connectivity index (χ0) is 13.1. The molecule has 1 aromatic heterocycles. The Bertz CT molecular complexity index is 450. The number of rotatable bonds is 2. The van der Waals surface area contributed by atoms with Crippen molar-refractivity contribution in [3.8, 4) is 0 Å². The van der Waals surface area contributed by atoms with Gasteiger partial charge in [-0.25, -0.2) is 4.98 Å². The van der Waals surface area contributed by atoms with Gasteiger partial charge in [-0.1, -0.05) is 0 Å². The number of aryl methyl sites for hydroxylation is 1. The Balaban J connectivity index is 2.12. The quantitative estimate of drug-likeness (QED) is 0.849. The average molecular weight is 312 g/mol. The number of nitrogens with two attached hydrogens (primary N) is 1. The third kappa shape index (κ3) is 2.90. The van der Waals surface area contributed by atoms with Gasteiger partial charge in [-0.05, 0) is 59.8 Å².